The number of nitrogens with zero attached hydrogens (tertiary/aromatic N) is 2. The fraction of sp³-hybridized carbons (Fsp3) is 0.192. The first-order valence-electron chi connectivity index (χ1n) is 10.4. The number of benzene rings is 2. The van der Waals surface area contributed by atoms with Gasteiger partial charge in [0, 0.05) is 0 Å². The predicted octanol–water partition coefficient (Wildman–Crippen LogP) is 3.28. The summed E-state index contributed by atoms with van der Waals surface area (Å²) in [5, 5.41) is 0. The van der Waals surface area contributed by atoms with Crippen molar-refractivity contribution in [3.8, 4) is 5.75 Å². The Bertz CT molecular complexity index is 1410. The highest BCUT2D eigenvalue weighted by atomic mass is 32.1. The van der Waals surface area contributed by atoms with Crippen LogP contribution in [0.4, 0.5) is 0 Å². The lowest BCUT2D eigenvalue weighted by Crippen LogP contribution is -2.39. The molecule has 2 heterocycles. The van der Waals surface area contributed by atoms with Crippen molar-refractivity contribution in [1.29, 1.82) is 0 Å². The monoisotopic (exact) mass is 460 g/mol. The van der Waals surface area contributed by atoms with Crippen LogP contribution in [0.1, 0.15) is 29.7 Å². The molecule has 0 fully saturated rings. The molecular weight excluding hydrogens is 436 g/mol. The van der Waals surface area contributed by atoms with Crippen LogP contribution in [0.15, 0.2) is 82.2 Å². The van der Waals surface area contributed by atoms with Gasteiger partial charge in [0.05, 0.1) is 29.0 Å². The zero-order valence-corrected chi connectivity index (χ0v) is 19.5. The molecule has 0 aliphatic carbocycles. The first-order valence-corrected chi connectivity index (χ1v) is 11.3. The highest BCUT2D eigenvalue weighted by Gasteiger charge is 2.32. The third kappa shape index (κ3) is 4.45. The van der Waals surface area contributed by atoms with E-state index in [4.69, 9.17) is 9.47 Å². The van der Waals surface area contributed by atoms with Crippen LogP contribution in [-0.2, 0) is 9.53 Å². The fourth-order valence-electron chi connectivity index (χ4n) is 3.72. The number of allylic oxidation sites excluding steroid dienone is 1. The lowest BCUT2D eigenvalue weighted by Gasteiger charge is -2.24. The number of rotatable bonds is 6. The Balaban J connectivity index is 1.85. The van der Waals surface area contributed by atoms with Crippen LogP contribution in [0.2, 0.25) is 0 Å². The van der Waals surface area contributed by atoms with E-state index in [2.05, 4.69) is 11.6 Å². The molecule has 0 N–H and O–H groups in total. The third-order valence-electron chi connectivity index (χ3n) is 5.37. The van der Waals surface area contributed by atoms with Crippen molar-refractivity contribution in [3.05, 3.63) is 109 Å². The summed E-state index contributed by atoms with van der Waals surface area (Å²) in [7, 11) is 1.34. The Morgan fingerprint density at radius 1 is 1.15 bits per heavy atom. The van der Waals surface area contributed by atoms with Gasteiger partial charge < -0.3 is 9.47 Å². The Morgan fingerprint density at radius 2 is 1.85 bits per heavy atom. The van der Waals surface area contributed by atoms with Crippen LogP contribution in [0.3, 0.4) is 0 Å². The second-order valence-electron chi connectivity index (χ2n) is 7.65. The van der Waals surface area contributed by atoms with Crippen molar-refractivity contribution in [2.45, 2.75) is 19.9 Å². The van der Waals surface area contributed by atoms with Gasteiger partial charge in [0.2, 0.25) is 0 Å². The van der Waals surface area contributed by atoms with Crippen LogP contribution in [0.25, 0.3) is 6.08 Å². The Morgan fingerprint density at radius 3 is 2.48 bits per heavy atom. The van der Waals surface area contributed by atoms with E-state index in [0.717, 1.165) is 22.4 Å². The summed E-state index contributed by atoms with van der Waals surface area (Å²) in [6.07, 6.45) is 3.51. The van der Waals surface area contributed by atoms with E-state index in [1.807, 2.05) is 61.5 Å². The molecule has 2 aromatic carbocycles. The van der Waals surface area contributed by atoms with Gasteiger partial charge in [0.1, 0.15) is 12.4 Å². The maximum atomic E-state index is 13.5. The van der Waals surface area contributed by atoms with E-state index in [1.165, 1.54) is 18.4 Å². The van der Waals surface area contributed by atoms with Crippen LogP contribution in [-0.4, -0.2) is 24.3 Å². The van der Waals surface area contributed by atoms with Crippen LogP contribution in [0.5, 0.6) is 5.75 Å². The molecule has 4 rings (SSSR count). The number of methoxy groups -OCH3 is 1. The molecule has 0 bridgehead atoms. The molecule has 7 heteroatoms. The first-order chi connectivity index (χ1) is 15.9. The van der Waals surface area contributed by atoms with E-state index in [-0.39, 0.29) is 5.56 Å². The molecule has 0 spiro atoms. The second-order valence-corrected chi connectivity index (χ2v) is 8.66. The average Bonchev–Trinajstić information content (AvgIpc) is 3.12. The molecule has 1 aliphatic heterocycles. The molecule has 3 aromatic rings. The summed E-state index contributed by atoms with van der Waals surface area (Å²) in [6.45, 7) is 7.83. The zero-order valence-electron chi connectivity index (χ0n) is 18.7. The molecule has 6 nitrogen and oxygen atoms in total. The van der Waals surface area contributed by atoms with Crippen LogP contribution in [0, 0.1) is 6.92 Å². The second kappa shape index (κ2) is 9.42. The minimum atomic E-state index is -0.605. The lowest BCUT2D eigenvalue weighted by molar-refractivity contribution is -0.136. The van der Waals surface area contributed by atoms with Gasteiger partial charge >= 0.3 is 5.97 Å². The summed E-state index contributed by atoms with van der Waals surface area (Å²) in [6, 6.07) is 14.7. The number of hydrogen-bond acceptors (Lipinski definition) is 6. The van der Waals surface area contributed by atoms with Crippen molar-refractivity contribution in [1.82, 2.24) is 4.57 Å². The minimum absolute atomic E-state index is 0.204. The van der Waals surface area contributed by atoms with Gasteiger partial charge in [-0.25, -0.2) is 9.79 Å². The van der Waals surface area contributed by atoms with E-state index in [1.54, 1.807) is 17.6 Å². The standard InChI is InChI=1S/C26H24N2O4S/c1-5-14-32-20-12-8-18(9-13-20)15-21-24(29)28-23(19-10-6-16(2)7-11-19)22(25(30)31-4)17(3)27-26(28)33-21/h5-13,15,23H,1,14H2,2-4H3/b21-15-/t23-/m1/s1. The molecule has 33 heavy (non-hydrogen) atoms. The number of hydrogen-bond donors (Lipinski definition) is 0. The molecule has 0 saturated heterocycles. The maximum Gasteiger partial charge on any atom is 0.338 e. The fourth-order valence-corrected chi connectivity index (χ4v) is 4.77. The van der Waals surface area contributed by atoms with Gasteiger partial charge in [-0.1, -0.05) is 66.0 Å². The number of ether oxygens (including phenoxy) is 2. The van der Waals surface area contributed by atoms with Gasteiger partial charge in [0.15, 0.2) is 4.80 Å². The molecular formula is C26H24N2O4S. The van der Waals surface area contributed by atoms with E-state index in [9.17, 15) is 9.59 Å². The van der Waals surface area contributed by atoms with Crippen molar-refractivity contribution >= 4 is 23.4 Å². The maximum absolute atomic E-state index is 13.5. The molecule has 1 atom stereocenters. The number of thiazole rings is 1. The normalized spacial score (nSPS) is 15.6. The Hall–Kier alpha value is -3.71. The van der Waals surface area contributed by atoms with Crippen molar-refractivity contribution in [2.75, 3.05) is 13.7 Å². The smallest absolute Gasteiger partial charge is 0.338 e. The van der Waals surface area contributed by atoms with Gasteiger partial charge in [-0.2, -0.15) is 0 Å². The van der Waals surface area contributed by atoms with Crippen molar-refractivity contribution < 1.29 is 14.3 Å². The summed E-state index contributed by atoms with van der Waals surface area (Å²) in [5.41, 5.74) is 3.49. The topological polar surface area (TPSA) is 69.9 Å². The number of carbonyl (C=O) groups excluding carboxylic acids is 1. The van der Waals surface area contributed by atoms with Gasteiger partial charge in [0.25, 0.3) is 5.56 Å². The quantitative estimate of drug-likeness (QED) is 0.418. The van der Waals surface area contributed by atoms with E-state index < -0.39 is 12.0 Å². The molecule has 168 valence electrons. The number of fused-ring (bicyclic) bond motifs is 1. The summed E-state index contributed by atoms with van der Waals surface area (Å²) in [5.74, 6) is 0.234. The summed E-state index contributed by atoms with van der Waals surface area (Å²) >= 11 is 1.30. The number of esters is 1. The molecule has 0 saturated carbocycles. The SMILES string of the molecule is C=CCOc1ccc(/C=c2\sc3n(c2=O)[C@H](c2ccc(C)cc2)C(C(=O)OC)=C(C)N=3)cc1. The molecule has 0 unspecified atom stereocenters. The Kier molecular flexibility index (Phi) is 6.42. The van der Waals surface area contributed by atoms with Gasteiger partial charge in [-0.15, -0.1) is 0 Å². The number of carbonyl (C=O) groups is 1. The largest absolute Gasteiger partial charge is 0.490 e. The van der Waals surface area contributed by atoms with Gasteiger partial charge in [-0.3, -0.25) is 9.36 Å². The highest BCUT2D eigenvalue weighted by molar-refractivity contribution is 7.07. The summed E-state index contributed by atoms with van der Waals surface area (Å²) in [4.78, 5) is 31.3. The highest BCUT2D eigenvalue weighted by Crippen LogP contribution is 2.30. The zero-order chi connectivity index (χ0) is 23.5. The van der Waals surface area contributed by atoms with Crippen molar-refractivity contribution in [2.24, 2.45) is 4.99 Å². The first kappa shape index (κ1) is 22.5. The molecule has 0 radical (unpaired) electrons. The lowest BCUT2D eigenvalue weighted by atomic mass is 9.95. The van der Waals surface area contributed by atoms with Gasteiger partial charge in [-0.05, 0) is 43.2 Å². The number of aromatic nitrogens is 1. The predicted molar refractivity (Wildman–Crippen MR) is 129 cm³/mol. The van der Waals surface area contributed by atoms with Crippen LogP contribution < -0.4 is 19.6 Å². The molecule has 1 aliphatic rings. The van der Waals surface area contributed by atoms with E-state index >= 15 is 0 Å². The molecule has 1 aromatic heterocycles. The Labute approximate surface area is 195 Å². The average molecular weight is 461 g/mol. The van der Waals surface area contributed by atoms with E-state index in [0.29, 0.717) is 27.2 Å². The molecule has 0 amide bonds. The summed E-state index contributed by atoms with van der Waals surface area (Å²) < 4.78 is 12.7. The number of aryl methyl sites for hydroxylation is 1. The van der Waals surface area contributed by atoms with Crippen molar-refractivity contribution in [3.63, 3.8) is 0 Å². The third-order valence-corrected chi connectivity index (χ3v) is 6.35. The minimum Gasteiger partial charge on any atom is -0.490 e. The van der Waals surface area contributed by atoms with Crippen LogP contribution >= 0.6 is 11.3 Å².